The number of ketones is 1. The number of amides is 2. The van der Waals surface area contributed by atoms with Crippen molar-refractivity contribution in [3.63, 3.8) is 0 Å². The van der Waals surface area contributed by atoms with Gasteiger partial charge in [-0.15, -0.1) is 0 Å². The number of halogens is 2. The van der Waals surface area contributed by atoms with Crippen LogP contribution in [-0.2, 0) is 40.4 Å². The van der Waals surface area contributed by atoms with Crippen LogP contribution in [0.2, 0.25) is 0 Å². The highest BCUT2D eigenvalue weighted by Gasteiger charge is 2.66. The quantitative estimate of drug-likeness (QED) is 0.279. The summed E-state index contributed by atoms with van der Waals surface area (Å²) in [6.07, 6.45) is 2.40. The molecule has 2 aromatic rings. The van der Waals surface area contributed by atoms with Gasteiger partial charge < -0.3 is 19.1 Å². The summed E-state index contributed by atoms with van der Waals surface area (Å²) in [5.74, 6) is -4.87. The zero-order valence-corrected chi connectivity index (χ0v) is 35.5. The van der Waals surface area contributed by atoms with Crippen LogP contribution in [0.4, 0.5) is 8.78 Å². The molecule has 7 rings (SSSR count). The minimum Gasteiger partial charge on any atom is -0.497 e. The maximum Gasteiger partial charge on any atom is 0.306 e. The molecule has 324 valence electrons. The highest BCUT2D eigenvalue weighted by molar-refractivity contribution is 7.90. The smallest absolute Gasteiger partial charge is 0.306 e. The number of sulfonamides is 1. The van der Waals surface area contributed by atoms with Crippen LogP contribution in [0.1, 0.15) is 117 Å². The van der Waals surface area contributed by atoms with Gasteiger partial charge in [0.25, 0.3) is 0 Å². The topological polar surface area (TPSA) is 171 Å². The Bertz CT molecular complexity index is 2060. The van der Waals surface area contributed by atoms with Crippen molar-refractivity contribution in [1.29, 1.82) is 0 Å². The van der Waals surface area contributed by atoms with Crippen molar-refractivity contribution >= 4 is 44.6 Å². The van der Waals surface area contributed by atoms with Gasteiger partial charge in [0.1, 0.15) is 23.7 Å². The van der Waals surface area contributed by atoms with Gasteiger partial charge in [0.15, 0.2) is 5.78 Å². The molecule has 1 aromatic heterocycles. The number of esters is 1. The molecule has 59 heavy (non-hydrogen) atoms. The summed E-state index contributed by atoms with van der Waals surface area (Å²) >= 11 is 0. The van der Waals surface area contributed by atoms with Crippen molar-refractivity contribution in [2.24, 2.45) is 34.5 Å². The number of fused-ring (bicyclic) bond motifs is 5. The maximum atomic E-state index is 15.0. The first-order valence-corrected chi connectivity index (χ1v) is 22.9. The number of benzene rings is 1. The number of carbonyl (C=O) groups excluding carboxylic acids is 4. The fourth-order valence-electron chi connectivity index (χ4n) is 9.74. The molecule has 8 atom stereocenters. The Morgan fingerprint density at radius 2 is 1.75 bits per heavy atom. The molecule has 3 heterocycles. The zero-order chi connectivity index (χ0) is 42.4. The Balaban J connectivity index is 1.28. The average molecular weight is 845 g/mol. The number of nitrogens with zero attached hydrogens (tertiary/aromatic N) is 3. The van der Waals surface area contributed by atoms with Gasteiger partial charge in [0.2, 0.25) is 34.1 Å². The second-order valence-corrected chi connectivity index (χ2v) is 20.5. The second-order valence-electron chi connectivity index (χ2n) is 18.6. The van der Waals surface area contributed by atoms with Crippen molar-refractivity contribution in [1.82, 2.24) is 19.6 Å². The molecular formula is C43H58F2N4O9S. The summed E-state index contributed by atoms with van der Waals surface area (Å²) in [5.41, 5.74) is -0.945. The van der Waals surface area contributed by atoms with E-state index in [1.165, 1.54) is 4.90 Å². The van der Waals surface area contributed by atoms with Gasteiger partial charge in [-0.25, -0.2) is 27.2 Å². The summed E-state index contributed by atoms with van der Waals surface area (Å²) in [5, 5.41) is -0.781. The van der Waals surface area contributed by atoms with E-state index < -0.39 is 92.4 Å². The van der Waals surface area contributed by atoms with Crippen molar-refractivity contribution in [3.8, 4) is 11.6 Å². The molecule has 1 saturated heterocycles. The lowest BCUT2D eigenvalue weighted by atomic mass is 9.77. The Kier molecular flexibility index (Phi) is 12.3. The first kappa shape index (κ1) is 43.1. The van der Waals surface area contributed by atoms with E-state index >= 15 is 4.79 Å². The summed E-state index contributed by atoms with van der Waals surface area (Å²) in [7, 11) is -2.55. The number of aryl methyl sites for hydroxylation is 1. The van der Waals surface area contributed by atoms with Crippen LogP contribution in [0, 0.1) is 34.5 Å². The molecule has 4 fully saturated rings. The highest BCUT2D eigenvalue weighted by atomic mass is 32.2. The monoisotopic (exact) mass is 844 g/mol. The molecule has 0 unspecified atom stereocenters. The first-order valence-electron chi connectivity index (χ1n) is 21.3. The predicted octanol–water partition coefficient (Wildman–Crippen LogP) is 6.34. The Morgan fingerprint density at radius 3 is 2.41 bits per heavy atom. The molecule has 2 aliphatic heterocycles. The van der Waals surface area contributed by atoms with Gasteiger partial charge in [-0.1, -0.05) is 40.5 Å². The van der Waals surface area contributed by atoms with Crippen molar-refractivity contribution in [2.45, 2.75) is 148 Å². The van der Waals surface area contributed by atoms with Gasteiger partial charge in [-0.05, 0) is 87.7 Å². The van der Waals surface area contributed by atoms with E-state index in [1.54, 1.807) is 19.2 Å². The Hall–Kier alpha value is -3.95. The predicted molar refractivity (Wildman–Crippen MR) is 213 cm³/mol. The average Bonchev–Trinajstić information content (AvgIpc) is 4.09. The lowest BCUT2D eigenvalue weighted by molar-refractivity contribution is -0.158. The standard InChI is InChI=1S/C43H58F2N4O9S/c1-6-27-35-23-49(37(27)33(50)22-43(21-29(43)38(44)45)41(53)48-59(54,55)26-16-17-26)40(52)28(42(2,3)4)20-36(51)57-34-14-10-12-24(34)11-8-7-9-13-31-39(58-35)47-32-19-25(56-5)15-18-30(32)46-31/h15,18-19,24,26-29,34-35,37-38H,6-14,16-17,20-23H2,1-5H3,(H,48,53)/t24-,27-,28-,29+,34-,35+,37+,43-/m1/s1. The van der Waals surface area contributed by atoms with Gasteiger partial charge in [-0.3, -0.25) is 23.9 Å². The van der Waals surface area contributed by atoms with Gasteiger partial charge in [0, 0.05) is 24.3 Å². The number of methoxy groups -OCH3 is 1. The molecular weight excluding hydrogens is 787 g/mol. The number of carbonyl (C=O) groups is 4. The van der Waals surface area contributed by atoms with Gasteiger partial charge >= 0.3 is 5.97 Å². The fourth-order valence-corrected chi connectivity index (χ4v) is 11.1. The van der Waals surface area contributed by atoms with Crippen LogP contribution in [0.15, 0.2) is 18.2 Å². The third-order valence-corrected chi connectivity index (χ3v) is 15.3. The lowest BCUT2D eigenvalue weighted by Crippen LogP contribution is -2.50. The maximum absolute atomic E-state index is 15.0. The number of hydrogen-bond acceptors (Lipinski definition) is 11. The highest BCUT2D eigenvalue weighted by Crippen LogP contribution is 2.59. The zero-order valence-electron chi connectivity index (χ0n) is 34.7. The SMILES string of the molecule is CC[C@@H]1[C@@H]2CN(C(=O)[C@H](C(C)(C)C)CC(=O)O[C@@H]3CCC[C@H]3CCCCCc3nc4ccc(OC)cc4nc3O2)[C@@H]1C(=O)C[C@]1(C(=O)NS(=O)(=O)C2CC2)C[C@H]1C(F)F. The van der Waals surface area contributed by atoms with E-state index in [-0.39, 0.29) is 37.3 Å². The molecule has 0 spiro atoms. The van der Waals surface area contributed by atoms with E-state index in [1.807, 2.05) is 38.5 Å². The van der Waals surface area contributed by atoms with E-state index in [9.17, 15) is 31.6 Å². The Labute approximate surface area is 345 Å². The van der Waals surface area contributed by atoms with Gasteiger partial charge in [-0.2, -0.15) is 0 Å². The number of ether oxygens (including phenoxy) is 3. The first-order chi connectivity index (χ1) is 27.9. The lowest BCUT2D eigenvalue weighted by Gasteiger charge is -2.36. The van der Waals surface area contributed by atoms with Crippen molar-refractivity contribution in [2.75, 3.05) is 13.7 Å². The minimum absolute atomic E-state index is 0.0924. The van der Waals surface area contributed by atoms with Gasteiger partial charge in [0.05, 0.1) is 53.7 Å². The third kappa shape index (κ3) is 9.07. The summed E-state index contributed by atoms with van der Waals surface area (Å²) in [6.45, 7) is 7.27. The number of hydrogen-bond donors (Lipinski definition) is 1. The summed E-state index contributed by atoms with van der Waals surface area (Å²) < 4.78 is 74.7. The molecule has 1 N–H and O–H groups in total. The normalized spacial score (nSPS) is 30.8. The number of nitrogens with one attached hydrogen (secondary N) is 1. The molecule has 2 bridgehead atoms. The number of Topliss-reactive ketones (excluding diaryl/α,β-unsaturated/α-hetero) is 1. The van der Waals surface area contributed by atoms with Crippen LogP contribution in [0.5, 0.6) is 11.6 Å². The molecule has 3 aliphatic carbocycles. The molecule has 16 heteroatoms. The van der Waals surface area contributed by atoms with Crippen LogP contribution in [0.25, 0.3) is 11.0 Å². The molecule has 3 saturated carbocycles. The van der Waals surface area contributed by atoms with Crippen LogP contribution in [-0.4, -0.2) is 90.4 Å². The number of aromatic nitrogens is 2. The summed E-state index contributed by atoms with van der Waals surface area (Å²) in [6, 6.07) is 4.14. The van der Waals surface area contributed by atoms with Crippen molar-refractivity contribution in [3.05, 3.63) is 23.9 Å². The Morgan fingerprint density at radius 1 is 1.00 bits per heavy atom. The molecule has 0 radical (unpaired) electrons. The number of rotatable bonds is 9. The van der Waals surface area contributed by atoms with Crippen molar-refractivity contribution < 1.29 is 50.6 Å². The molecule has 1 aromatic carbocycles. The molecule has 2 amide bonds. The van der Waals surface area contributed by atoms with E-state index in [4.69, 9.17) is 24.2 Å². The molecule has 5 aliphatic rings. The van der Waals surface area contributed by atoms with Crippen LogP contribution >= 0.6 is 0 Å². The number of alkyl halides is 2. The summed E-state index contributed by atoms with van der Waals surface area (Å²) in [4.78, 5) is 68.5. The fraction of sp³-hybridized carbons (Fsp3) is 0.721. The van der Waals surface area contributed by atoms with Crippen LogP contribution < -0.4 is 14.2 Å². The van der Waals surface area contributed by atoms with Crippen LogP contribution in [0.3, 0.4) is 0 Å². The van der Waals surface area contributed by atoms with E-state index in [0.29, 0.717) is 48.2 Å². The second kappa shape index (κ2) is 16.8. The largest absolute Gasteiger partial charge is 0.497 e. The van der Waals surface area contributed by atoms with E-state index in [2.05, 4.69) is 0 Å². The molecule has 13 nitrogen and oxygen atoms in total. The van der Waals surface area contributed by atoms with E-state index in [0.717, 1.165) is 44.9 Å². The third-order valence-electron chi connectivity index (χ3n) is 13.5. The minimum atomic E-state index is -4.10.